The molecule has 0 aliphatic carbocycles. The van der Waals surface area contributed by atoms with Gasteiger partial charge >= 0.3 is 0 Å². The number of hydrogen-bond acceptors (Lipinski definition) is 1. The minimum Gasteiger partial charge on any atom is -0.325 e. The summed E-state index contributed by atoms with van der Waals surface area (Å²) in [6, 6.07) is 0. The molecule has 2 N–H and O–H groups in total. The van der Waals surface area contributed by atoms with Gasteiger partial charge in [-0.25, -0.2) is 8.78 Å². The standard InChI is InChI=1S/C7H13F2N/c1-2-3-4-5-7(8,9)6-10/h3-4H,2,5-6,10H2,1H3/b4-3+. The Morgan fingerprint density at radius 1 is 1.40 bits per heavy atom. The maximum absolute atomic E-state index is 12.3. The molecule has 0 aliphatic rings. The molecule has 3 heteroatoms. The van der Waals surface area contributed by atoms with Gasteiger partial charge in [-0.15, -0.1) is 0 Å². The molecule has 0 heterocycles. The molecule has 0 saturated carbocycles. The van der Waals surface area contributed by atoms with Crippen LogP contribution in [0.3, 0.4) is 0 Å². The lowest BCUT2D eigenvalue weighted by atomic mass is 10.2. The van der Waals surface area contributed by atoms with Crippen molar-refractivity contribution in [3.8, 4) is 0 Å². The van der Waals surface area contributed by atoms with Gasteiger partial charge in [0.15, 0.2) is 0 Å². The highest BCUT2D eigenvalue weighted by Gasteiger charge is 2.23. The van der Waals surface area contributed by atoms with Crippen molar-refractivity contribution in [2.24, 2.45) is 5.73 Å². The van der Waals surface area contributed by atoms with E-state index in [0.29, 0.717) is 0 Å². The van der Waals surface area contributed by atoms with E-state index in [4.69, 9.17) is 5.73 Å². The van der Waals surface area contributed by atoms with E-state index in [1.54, 1.807) is 6.08 Å². The maximum atomic E-state index is 12.3. The number of alkyl halides is 2. The van der Waals surface area contributed by atoms with Crippen LogP contribution in [0.2, 0.25) is 0 Å². The Balaban J connectivity index is 3.56. The van der Waals surface area contributed by atoms with E-state index in [9.17, 15) is 8.78 Å². The molecule has 10 heavy (non-hydrogen) atoms. The summed E-state index contributed by atoms with van der Waals surface area (Å²) in [5, 5.41) is 0. The lowest BCUT2D eigenvalue weighted by Crippen LogP contribution is -2.26. The van der Waals surface area contributed by atoms with Crippen molar-refractivity contribution in [3.05, 3.63) is 12.2 Å². The van der Waals surface area contributed by atoms with Crippen LogP contribution >= 0.6 is 0 Å². The van der Waals surface area contributed by atoms with Crippen molar-refractivity contribution in [1.29, 1.82) is 0 Å². The molecule has 0 spiro atoms. The van der Waals surface area contributed by atoms with Gasteiger partial charge in [0.1, 0.15) is 0 Å². The Morgan fingerprint density at radius 3 is 2.40 bits per heavy atom. The zero-order valence-corrected chi connectivity index (χ0v) is 6.11. The Kier molecular flexibility index (Phi) is 4.19. The van der Waals surface area contributed by atoms with Gasteiger partial charge in [0.25, 0.3) is 5.92 Å². The maximum Gasteiger partial charge on any atom is 0.263 e. The fraction of sp³-hybridized carbons (Fsp3) is 0.714. The third-order valence-electron chi connectivity index (χ3n) is 1.12. The third kappa shape index (κ3) is 4.44. The smallest absolute Gasteiger partial charge is 0.263 e. The first kappa shape index (κ1) is 9.56. The Morgan fingerprint density at radius 2 is 2.00 bits per heavy atom. The van der Waals surface area contributed by atoms with Gasteiger partial charge in [-0.2, -0.15) is 0 Å². The molecule has 1 nitrogen and oxygen atoms in total. The lowest BCUT2D eigenvalue weighted by Gasteiger charge is -2.09. The monoisotopic (exact) mass is 149 g/mol. The molecule has 0 fully saturated rings. The zero-order valence-electron chi connectivity index (χ0n) is 6.11. The summed E-state index contributed by atoms with van der Waals surface area (Å²) < 4.78 is 24.6. The van der Waals surface area contributed by atoms with Gasteiger partial charge in [0.05, 0.1) is 6.54 Å². The fourth-order valence-corrected chi connectivity index (χ4v) is 0.506. The van der Waals surface area contributed by atoms with Crippen molar-refractivity contribution < 1.29 is 8.78 Å². The summed E-state index contributed by atoms with van der Waals surface area (Å²) in [4.78, 5) is 0. The first-order valence-electron chi connectivity index (χ1n) is 3.35. The van der Waals surface area contributed by atoms with E-state index in [1.807, 2.05) is 6.92 Å². The van der Waals surface area contributed by atoms with Crippen molar-refractivity contribution in [2.75, 3.05) is 6.54 Å². The van der Waals surface area contributed by atoms with Crippen LogP contribution in [0, 0.1) is 0 Å². The van der Waals surface area contributed by atoms with Crippen LogP contribution in [-0.4, -0.2) is 12.5 Å². The zero-order chi connectivity index (χ0) is 8.04. The first-order valence-corrected chi connectivity index (χ1v) is 3.35. The van der Waals surface area contributed by atoms with E-state index in [2.05, 4.69) is 0 Å². The van der Waals surface area contributed by atoms with Crippen LogP contribution in [0.25, 0.3) is 0 Å². The largest absolute Gasteiger partial charge is 0.325 e. The van der Waals surface area contributed by atoms with Gasteiger partial charge in [-0.1, -0.05) is 19.1 Å². The summed E-state index contributed by atoms with van der Waals surface area (Å²) in [6.07, 6.45) is 3.73. The van der Waals surface area contributed by atoms with Gasteiger partial charge < -0.3 is 5.73 Å². The third-order valence-corrected chi connectivity index (χ3v) is 1.12. The van der Waals surface area contributed by atoms with Crippen LogP contribution in [0.5, 0.6) is 0 Å². The van der Waals surface area contributed by atoms with Crippen molar-refractivity contribution >= 4 is 0 Å². The van der Waals surface area contributed by atoms with E-state index >= 15 is 0 Å². The molecular weight excluding hydrogens is 136 g/mol. The van der Waals surface area contributed by atoms with E-state index < -0.39 is 12.5 Å². The minimum absolute atomic E-state index is 0.239. The van der Waals surface area contributed by atoms with Gasteiger partial charge in [-0.05, 0) is 6.42 Å². The summed E-state index contributed by atoms with van der Waals surface area (Å²) in [5.41, 5.74) is 4.80. The molecule has 0 bridgehead atoms. The molecule has 0 amide bonds. The molecule has 60 valence electrons. The van der Waals surface area contributed by atoms with E-state index in [-0.39, 0.29) is 6.42 Å². The van der Waals surface area contributed by atoms with Gasteiger partial charge in [-0.3, -0.25) is 0 Å². The van der Waals surface area contributed by atoms with Crippen LogP contribution in [0.4, 0.5) is 8.78 Å². The van der Waals surface area contributed by atoms with Crippen molar-refractivity contribution in [1.82, 2.24) is 0 Å². The minimum atomic E-state index is -2.72. The second-order valence-electron chi connectivity index (χ2n) is 2.14. The number of allylic oxidation sites excluding steroid dienone is 2. The number of halogens is 2. The normalized spacial score (nSPS) is 12.8. The molecule has 0 radical (unpaired) electrons. The van der Waals surface area contributed by atoms with Crippen LogP contribution in [0.15, 0.2) is 12.2 Å². The lowest BCUT2D eigenvalue weighted by molar-refractivity contribution is 0.0142. The second kappa shape index (κ2) is 4.39. The Labute approximate surface area is 59.9 Å². The quantitative estimate of drug-likeness (QED) is 0.607. The number of nitrogens with two attached hydrogens (primary N) is 1. The topological polar surface area (TPSA) is 26.0 Å². The average Bonchev–Trinajstić information content (AvgIpc) is 1.89. The molecule has 0 aromatic carbocycles. The molecule has 0 aromatic rings. The predicted octanol–water partition coefficient (Wildman–Crippen LogP) is 1.94. The Bertz CT molecular complexity index is 110. The average molecular weight is 149 g/mol. The summed E-state index contributed by atoms with van der Waals surface area (Å²) in [6.45, 7) is 1.33. The predicted molar refractivity (Wildman–Crippen MR) is 38.0 cm³/mol. The van der Waals surface area contributed by atoms with Gasteiger partial charge in [0, 0.05) is 6.42 Å². The van der Waals surface area contributed by atoms with E-state index in [1.165, 1.54) is 6.08 Å². The summed E-state index contributed by atoms with van der Waals surface area (Å²) in [7, 11) is 0. The first-order chi connectivity index (χ1) is 4.62. The fourth-order valence-electron chi connectivity index (χ4n) is 0.506. The van der Waals surface area contributed by atoms with Crippen molar-refractivity contribution in [2.45, 2.75) is 25.7 Å². The van der Waals surface area contributed by atoms with Crippen LogP contribution in [-0.2, 0) is 0 Å². The Hall–Kier alpha value is -0.440. The molecule has 0 rings (SSSR count). The molecule has 0 saturated heterocycles. The summed E-state index contributed by atoms with van der Waals surface area (Å²) >= 11 is 0. The molecule has 0 aliphatic heterocycles. The van der Waals surface area contributed by atoms with Crippen LogP contribution < -0.4 is 5.73 Å². The molecule has 0 atom stereocenters. The number of rotatable bonds is 4. The van der Waals surface area contributed by atoms with E-state index in [0.717, 1.165) is 6.42 Å². The summed E-state index contributed by atoms with van der Waals surface area (Å²) in [5.74, 6) is -2.72. The highest BCUT2D eigenvalue weighted by Crippen LogP contribution is 2.16. The SMILES string of the molecule is CC/C=C/CC(F)(F)CN. The second-order valence-corrected chi connectivity index (χ2v) is 2.14. The molecule has 0 aromatic heterocycles. The molecule has 0 unspecified atom stereocenters. The van der Waals surface area contributed by atoms with Gasteiger partial charge in [0.2, 0.25) is 0 Å². The molecular formula is C7H13F2N. The van der Waals surface area contributed by atoms with Crippen LogP contribution in [0.1, 0.15) is 19.8 Å². The number of hydrogen-bond donors (Lipinski definition) is 1. The van der Waals surface area contributed by atoms with Crippen molar-refractivity contribution in [3.63, 3.8) is 0 Å². The highest BCUT2D eigenvalue weighted by molar-refractivity contribution is 4.86. The highest BCUT2D eigenvalue weighted by atomic mass is 19.3.